The van der Waals surface area contributed by atoms with Gasteiger partial charge in [-0.3, -0.25) is 22.7 Å². The number of hydrogen-bond acceptors (Lipinski definition) is 16. The zero-order valence-electron chi connectivity index (χ0n) is 22.5. The molecule has 0 spiro atoms. The lowest BCUT2D eigenvalue weighted by molar-refractivity contribution is -0.0564. The fourth-order valence-electron chi connectivity index (χ4n) is 5.25. The van der Waals surface area contributed by atoms with E-state index in [0.29, 0.717) is 0 Å². The number of thiol groups is 1. The summed E-state index contributed by atoms with van der Waals surface area (Å²) in [6.07, 6.45) is -10.8. The third-order valence-corrected chi connectivity index (χ3v) is 10.8. The van der Waals surface area contributed by atoms with E-state index in [2.05, 4.69) is 42.2 Å². The summed E-state index contributed by atoms with van der Waals surface area (Å²) < 4.78 is 81.4. The Balaban J connectivity index is 1.17. The molecule has 0 amide bonds. The number of hydrogen-bond donors (Lipinski definition) is 4. The van der Waals surface area contributed by atoms with Gasteiger partial charge in [-0.2, -0.15) is 19.9 Å². The van der Waals surface area contributed by atoms with E-state index in [1.807, 2.05) is 0 Å². The van der Waals surface area contributed by atoms with E-state index in [-0.39, 0.29) is 44.5 Å². The molecule has 0 aliphatic carbocycles. The first kappa shape index (κ1) is 32.6. The summed E-state index contributed by atoms with van der Waals surface area (Å²) in [6.45, 7) is -10.1. The van der Waals surface area contributed by atoms with Crippen molar-refractivity contribution in [2.75, 3.05) is 24.7 Å². The van der Waals surface area contributed by atoms with Gasteiger partial charge in [-0.15, -0.1) is 0 Å². The number of nitrogens with two attached hydrogens (primary N) is 2. The summed E-state index contributed by atoms with van der Waals surface area (Å²) in [5.41, 5.74) is 12.0. The topological polar surface area (TPSA) is 232 Å². The smallest absolute Gasteiger partial charge is 0.382 e. The number of alkyl halides is 2. The molecule has 4 unspecified atom stereocenters. The second kappa shape index (κ2) is 11.9. The van der Waals surface area contributed by atoms with Crippen LogP contribution in [-0.4, -0.2) is 93.9 Å². The standard InChI is InChI=1S/C20H20Cl2F2N10O8P2S2/c21-19-29-13(25)9-15(31-19)33(3-27-9)17-7(23)11-5(39-17)1-37-43(35,45)42-12-6(2-38-44(36,46)41-11)40-18(8(12)24)34-4-28-10-14(26)30-20(22)32-16(10)34/h3-8,11-12,17-18H,1-2H2,(H,35,45)(H,36,46)(H2,25,29,31)(H2,26,30,32)/t5-,6-,7-,8?,11?,12+,17-,18-,43?,44?/m1/s1. The summed E-state index contributed by atoms with van der Waals surface area (Å²) in [4.78, 5) is 34.8. The number of fused-ring (bicyclic) bond motifs is 4. The van der Waals surface area contributed by atoms with Gasteiger partial charge >= 0.3 is 13.5 Å². The van der Waals surface area contributed by atoms with Crippen molar-refractivity contribution < 1.29 is 45.8 Å². The van der Waals surface area contributed by atoms with Crippen molar-refractivity contribution in [3.63, 3.8) is 0 Å². The second-order valence-corrected chi connectivity index (χ2v) is 16.4. The molecule has 0 saturated carbocycles. The van der Waals surface area contributed by atoms with E-state index in [1.165, 1.54) is 21.8 Å². The largest absolute Gasteiger partial charge is 0.386 e. The van der Waals surface area contributed by atoms with Gasteiger partial charge in [-0.25, -0.2) is 23.3 Å². The van der Waals surface area contributed by atoms with Crippen molar-refractivity contribution in [2.24, 2.45) is 0 Å². The van der Waals surface area contributed by atoms with E-state index in [4.69, 9.17) is 74.0 Å². The Bertz CT molecular complexity index is 1810. The van der Waals surface area contributed by atoms with Crippen LogP contribution in [-0.2, 0) is 43.9 Å². The lowest BCUT2D eigenvalue weighted by Crippen LogP contribution is -2.37. The van der Waals surface area contributed by atoms with Gasteiger partial charge in [0.1, 0.15) is 35.4 Å². The molecule has 4 aromatic rings. The van der Waals surface area contributed by atoms with Crippen LogP contribution in [0.5, 0.6) is 0 Å². The predicted molar refractivity (Wildman–Crippen MR) is 162 cm³/mol. The molecule has 7 heterocycles. The van der Waals surface area contributed by atoms with Crippen LogP contribution in [0.25, 0.3) is 22.3 Å². The highest BCUT2D eigenvalue weighted by molar-refractivity contribution is 8.44. The number of imidazole rings is 2. The molecule has 3 saturated heterocycles. The highest BCUT2D eigenvalue weighted by Gasteiger charge is 2.54. The minimum atomic E-state index is -4.43. The third-order valence-electron chi connectivity index (χ3n) is 7.24. The minimum Gasteiger partial charge on any atom is -0.382 e. The van der Waals surface area contributed by atoms with Crippen LogP contribution in [0.1, 0.15) is 12.5 Å². The molecule has 7 rings (SSSR count). The Hall–Kier alpha value is -1.91. The van der Waals surface area contributed by atoms with Crippen LogP contribution >= 0.6 is 49.0 Å². The summed E-state index contributed by atoms with van der Waals surface area (Å²) in [5.74, 6) is -0.132. The van der Waals surface area contributed by atoms with E-state index in [0.717, 1.165) is 0 Å². The molecular formula is C20H20Cl2F2N10O8P2S2. The fraction of sp³-hybridized carbons (Fsp3) is 0.500. The lowest BCUT2D eigenvalue weighted by atomic mass is 10.1. The van der Waals surface area contributed by atoms with Crippen LogP contribution in [0.15, 0.2) is 12.7 Å². The summed E-state index contributed by atoms with van der Waals surface area (Å²) >= 11 is 21.0. The molecule has 3 fully saturated rings. The number of rotatable bonds is 2. The zero-order valence-corrected chi connectivity index (χ0v) is 27.5. The normalized spacial score (nSPS) is 37.2. The molecule has 18 nitrogen and oxygen atoms in total. The number of ether oxygens (including phenoxy) is 2. The number of aromatic nitrogens is 8. The van der Waals surface area contributed by atoms with Crippen LogP contribution in [0.4, 0.5) is 20.4 Å². The average Bonchev–Trinajstić information content (AvgIpc) is 3.72. The van der Waals surface area contributed by atoms with Gasteiger partial charge in [-0.05, 0) is 35.0 Å². The van der Waals surface area contributed by atoms with Crippen molar-refractivity contribution in [3.8, 4) is 0 Å². The third kappa shape index (κ3) is 5.86. The first-order chi connectivity index (χ1) is 21.7. The highest BCUT2D eigenvalue weighted by atomic mass is 35.5. The van der Waals surface area contributed by atoms with E-state index in [1.54, 1.807) is 0 Å². The maximum absolute atomic E-state index is 16.1. The minimum absolute atomic E-state index is 0.0277. The second-order valence-electron chi connectivity index (χ2n) is 10.1. The van der Waals surface area contributed by atoms with Crippen molar-refractivity contribution in [2.45, 2.75) is 49.2 Å². The first-order valence-corrected chi connectivity index (χ1v) is 19.0. The monoisotopic (exact) mass is 762 g/mol. The lowest BCUT2D eigenvalue weighted by Gasteiger charge is -2.29. The number of anilines is 2. The molecule has 10 atom stereocenters. The maximum atomic E-state index is 16.1. The van der Waals surface area contributed by atoms with Crippen molar-refractivity contribution >= 4 is 94.7 Å². The molecule has 0 radical (unpaired) electrons. The van der Waals surface area contributed by atoms with E-state index >= 15 is 8.78 Å². The zero-order chi connectivity index (χ0) is 32.7. The van der Waals surface area contributed by atoms with Crippen molar-refractivity contribution in [1.82, 2.24) is 39.0 Å². The Kier molecular flexibility index (Phi) is 8.44. The molecular weight excluding hydrogens is 743 g/mol. The molecule has 0 bridgehead atoms. The van der Waals surface area contributed by atoms with E-state index < -0.39 is 75.9 Å². The number of nitrogen functional groups attached to an aromatic ring is 2. The van der Waals surface area contributed by atoms with Gasteiger partial charge in [0.05, 0.1) is 25.9 Å². The molecule has 4 aromatic heterocycles. The van der Waals surface area contributed by atoms with Crippen molar-refractivity contribution in [1.29, 1.82) is 0 Å². The predicted octanol–water partition coefficient (Wildman–Crippen LogP) is 2.68. The molecule has 26 heteroatoms. The summed E-state index contributed by atoms with van der Waals surface area (Å²) in [7, 11) is 0. The summed E-state index contributed by atoms with van der Waals surface area (Å²) in [5, 5.41) is -0.469. The highest BCUT2D eigenvalue weighted by Crippen LogP contribution is 2.58. The van der Waals surface area contributed by atoms with E-state index in [9.17, 15) is 9.46 Å². The molecule has 5 N–H and O–H groups in total. The quantitative estimate of drug-likeness (QED) is 0.131. The Labute approximate surface area is 275 Å². The Morgan fingerprint density at radius 2 is 1.33 bits per heavy atom. The Morgan fingerprint density at radius 1 is 0.870 bits per heavy atom. The van der Waals surface area contributed by atoms with Crippen LogP contribution < -0.4 is 11.5 Å². The molecule has 248 valence electrons. The van der Waals surface area contributed by atoms with Crippen molar-refractivity contribution in [3.05, 3.63) is 23.2 Å². The molecule has 3 aliphatic rings. The summed E-state index contributed by atoms with van der Waals surface area (Å²) in [6, 6.07) is 0. The van der Waals surface area contributed by atoms with Gasteiger partial charge in [-0.1, -0.05) is 12.2 Å². The molecule has 3 aliphatic heterocycles. The van der Waals surface area contributed by atoms with Crippen LogP contribution in [0.3, 0.4) is 0 Å². The van der Waals surface area contributed by atoms with Gasteiger partial charge in [0.2, 0.25) is 10.6 Å². The van der Waals surface area contributed by atoms with Crippen LogP contribution in [0.2, 0.25) is 10.6 Å². The SMILES string of the molecule is Nc1nc(Cl)nc2c1ncn2[C@@H]1O[C@@H]2COP(=O)(S)OC3[C@@H](F)[C@H](n4cnc5c(N)nc(Cl)nc54)O[C@@H]3COP(O)(=S)O[C@@H]2C1F. The van der Waals surface area contributed by atoms with Gasteiger partial charge in [0, 0.05) is 0 Å². The van der Waals surface area contributed by atoms with Gasteiger partial charge < -0.3 is 30.4 Å². The Morgan fingerprint density at radius 3 is 1.83 bits per heavy atom. The number of nitrogens with zero attached hydrogens (tertiary/aromatic N) is 8. The van der Waals surface area contributed by atoms with Gasteiger partial charge in [0.25, 0.3) is 0 Å². The number of halogens is 4. The van der Waals surface area contributed by atoms with Crippen LogP contribution in [0, 0.1) is 0 Å². The molecule has 46 heavy (non-hydrogen) atoms. The fourth-order valence-corrected chi connectivity index (χ4v) is 8.51. The average molecular weight is 763 g/mol. The maximum Gasteiger partial charge on any atom is 0.386 e. The molecule has 0 aromatic carbocycles. The first-order valence-electron chi connectivity index (χ1n) is 12.9. The van der Waals surface area contributed by atoms with Gasteiger partial charge in [0.15, 0.2) is 47.7 Å².